The number of carbonyl (C=O) groups excluding carboxylic acids is 2. The van der Waals surface area contributed by atoms with Crippen LogP contribution >= 0.6 is 11.6 Å². The molecule has 2 saturated heterocycles. The summed E-state index contributed by atoms with van der Waals surface area (Å²) in [5.74, 6) is -0.644. The number of anilines is 1. The van der Waals surface area contributed by atoms with Gasteiger partial charge in [0.05, 0.1) is 34.7 Å². The zero-order valence-corrected chi connectivity index (χ0v) is 25.2. The van der Waals surface area contributed by atoms with Gasteiger partial charge in [0.1, 0.15) is 0 Å². The first kappa shape index (κ1) is 31.5. The van der Waals surface area contributed by atoms with E-state index in [2.05, 4.69) is 15.6 Å². The Morgan fingerprint density at radius 2 is 1.98 bits per heavy atom. The molecule has 2 aromatic heterocycles. The number of alkyl halides is 3. The first-order valence-corrected chi connectivity index (χ1v) is 15.0. The molecule has 0 unspecified atom stereocenters. The maximum atomic E-state index is 13.8. The number of halogens is 4. The summed E-state index contributed by atoms with van der Waals surface area (Å²) in [6, 6.07) is 10.1. The lowest BCUT2D eigenvalue weighted by molar-refractivity contribution is -0.138. The highest BCUT2D eigenvalue weighted by Gasteiger charge is 2.38. The second-order valence-electron chi connectivity index (χ2n) is 10.7. The van der Waals surface area contributed by atoms with Gasteiger partial charge in [0.15, 0.2) is 5.69 Å². The summed E-state index contributed by atoms with van der Waals surface area (Å²) in [7, 11) is 0. The molecule has 44 heavy (non-hydrogen) atoms. The van der Waals surface area contributed by atoms with Crippen molar-refractivity contribution in [1.82, 2.24) is 25.5 Å². The Bertz CT molecular complexity index is 1520. The number of ether oxygens (including phenoxy) is 1. The summed E-state index contributed by atoms with van der Waals surface area (Å²) in [5.41, 5.74) is 0.458. The first-order chi connectivity index (χ1) is 21.1. The van der Waals surface area contributed by atoms with E-state index in [4.69, 9.17) is 21.3 Å². The molecule has 0 bridgehead atoms. The van der Waals surface area contributed by atoms with Crippen LogP contribution in [-0.4, -0.2) is 78.1 Å². The smallest absolute Gasteiger partial charge is 0.417 e. The lowest BCUT2D eigenvalue weighted by Gasteiger charge is -2.43. The molecule has 13 heteroatoms. The number of pyridine rings is 2. The van der Waals surface area contributed by atoms with E-state index in [0.29, 0.717) is 48.9 Å². The highest BCUT2D eigenvalue weighted by molar-refractivity contribution is 6.30. The number of nitrogens with zero attached hydrogens (tertiary/aromatic N) is 4. The zero-order chi connectivity index (χ0) is 31.4. The molecule has 2 fully saturated rings. The van der Waals surface area contributed by atoms with Gasteiger partial charge in [-0.05, 0) is 68.8 Å². The van der Waals surface area contributed by atoms with Crippen LogP contribution in [0.3, 0.4) is 0 Å². The first-order valence-electron chi connectivity index (χ1n) is 14.6. The lowest BCUT2D eigenvalue weighted by Crippen LogP contribution is -2.55. The van der Waals surface area contributed by atoms with E-state index in [9.17, 15) is 22.8 Å². The average Bonchev–Trinajstić information content (AvgIpc) is 3.53. The predicted octanol–water partition coefficient (Wildman–Crippen LogP) is 5.05. The molecule has 2 N–H and O–H groups in total. The Morgan fingerprint density at radius 3 is 2.68 bits per heavy atom. The molecule has 2 aliphatic heterocycles. The largest absolute Gasteiger partial charge is 0.477 e. The number of benzene rings is 1. The Kier molecular flexibility index (Phi) is 9.59. The van der Waals surface area contributed by atoms with Crippen molar-refractivity contribution < 1.29 is 27.5 Å². The van der Waals surface area contributed by atoms with E-state index < -0.39 is 23.2 Å². The molecule has 234 valence electrons. The van der Waals surface area contributed by atoms with Crippen LogP contribution in [0, 0.1) is 0 Å². The van der Waals surface area contributed by atoms with Crippen molar-refractivity contribution in [3.63, 3.8) is 0 Å². The molecular weight excluding hydrogens is 597 g/mol. The van der Waals surface area contributed by atoms with Crippen LogP contribution in [0.2, 0.25) is 5.02 Å². The number of amides is 2. The Balaban J connectivity index is 1.46. The quantitative estimate of drug-likeness (QED) is 0.360. The predicted molar refractivity (Wildman–Crippen MR) is 161 cm³/mol. The van der Waals surface area contributed by atoms with Crippen LogP contribution in [0.15, 0.2) is 48.7 Å². The minimum absolute atomic E-state index is 0.0446. The van der Waals surface area contributed by atoms with Crippen LogP contribution in [0.4, 0.5) is 18.9 Å². The molecule has 9 nitrogen and oxygen atoms in total. The Labute approximate surface area is 258 Å². The molecule has 4 heterocycles. The molecule has 2 aliphatic rings. The third-order valence-corrected chi connectivity index (χ3v) is 8.12. The molecule has 0 spiro atoms. The van der Waals surface area contributed by atoms with Crippen LogP contribution in [0.1, 0.15) is 53.1 Å². The van der Waals surface area contributed by atoms with Crippen molar-refractivity contribution in [2.24, 2.45) is 0 Å². The molecule has 5 rings (SSSR count). The van der Waals surface area contributed by atoms with E-state index >= 15 is 0 Å². The molecule has 0 aliphatic carbocycles. The van der Waals surface area contributed by atoms with Crippen molar-refractivity contribution in [3.05, 3.63) is 70.5 Å². The van der Waals surface area contributed by atoms with E-state index in [-0.39, 0.29) is 41.8 Å². The van der Waals surface area contributed by atoms with Crippen LogP contribution in [0.25, 0.3) is 11.3 Å². The van der Waals surface area contributed by atoms with Crippen molar-refractivity contribution in [3.8, 4) is 17.1 Å². The second kappa shape index (κ2) is 13.4. The number of piperazine rings is 1. The molecular formula is C31H34ClF3N6O3. The maximum Gasteiger partial charge on any atom is 0.417 e. The molecule has 0 saturated carbocycles. The molecule has 3 aromatic rings. The normalized spacial score (nSPS) is 18.8. The number of hydrogen-bond acceptors (Lipinski definition) is 7. The Hall–Kier alpha value is -3.90. The summed E-state index contributed by atoms with van der Waals surface area (Å²) in [5, 5.41) is 6.22. The Morgan fingerprint density at radius 1 is 1.16 bits per heavy atom. The number of rotatable bonds is 8. The minimum atomic E-state index is -4.73. The van der Waals surface area contributed by atoms with Crippen molar-refractivity contribution in [2.45, 2.75) is 44.9 Å². The third kappa shape index (κ3) is 6.76. The van der Waals surface area contributed by atoms with E-state index in [1.165, 1.54) is 11.0 Å². The summed E-state index contributed by atoms with van der Waals surface area (Å²) < 4.78 is 47.0. The monoisotopic (exact) mass is 630 g/mol. The fraction of sp³-hybridized carbons (Fsp3) is 0.419. The van der Waals surface area contributed by atoms with Gasteiger partial charge >= 0.3 is 6.18 Å². The van der Waals surface area contributed by atoms with Crippen LogP contribution in [0.5, 0.6) is 5.88 Å². The SMILES string of the molecule is CCOc1ncccc1-c1ccc(N2CCN(C(=O)c3ccc(Cl)cc3C(F)(F)F)C[C@H]2CC)c(C(=O)N[C@@H]2CCNC2)n1. The van der Waals surface area contributed by atoms with Crippen molar-refractivity contribution in [2.75, 3.05) is 44.2 Å². The van der Waals surface area contributed by atoms with Gasteiger partial charge in [0.2, 0.25) is 5.88 Å². The van der Waals surface area contributed by atoms with Crippen molar-refractivity contribution in [1.29, 1.82) is 0 Å². The standard InChI is InChI=1S/C31H34ClF3N6O3/c1-3-21-18-40(30(43)22-8-7-19(32)16-24(22)31(33,34)35)14-15-41(21)26-10-9-25(23-6-5-12-37-29(23)44-4-2)39-27(26)28(42)38-20-11-13-36-17-20/h5-10,12,16,20-21,36H,3-4,11,13-15,17-18H2,1-2H3,(H,38,42)/t20-,21-/m1/s1. The summed E-state index contributed by atoms with van der Waals surface area (Å²) in [6.45, 7) is 6.27. The zero-order valence-electron chi connectivity index (χ0n) is 24.5. The van der Waals surface area contributed by atoms with Gasteiger partial charge in [0, 0.05) is 49.5 Å². The van der Waals surface area contributed by atoms with Gasteiger partial charge in [-0.1, -0.05) is 18.5 Å². The molecule has 2 atom stereocenters. The molecule has 1 aromatic carbocycles. The lowest BCUT2D eigenvalue weighted by atomic mass is 10.0. The van der Waals surface area contributed by atoms with Gasteiger partial charge < -0.3 is 25.2 Å². The van der Waals surface area contributed by atoms with E-state index in [1.807, 2.05) is 30.9 Å². The summed E-state index contributed by atoms with van der Waals surface area (Å²) in [4.78, 5) is 39.7. The second-order valence-corrected chi connectivity index (χ2v) is 11.1. The van der Waals surface area contributed by atoms with E-state index in [0.717, 1.165) is 25.1 Å². The van der Waals surface area contributed by atoms with Crippen molar-refractivity contribution >= 4 is 29.1 Å². The van der Waals surface area contributed by atoms with Gasteiger partial charge in [0.25, 0.3) is 11.8 Å². The fourth-order valence-corrected chi connectivity index (χ4v) is 5.86. The topological polar surface area (TPSA) is 99.7 Å². The van der Waals surface area contributed by atoms with Gasteiger partial charge in [-0.15, -0.1) is 0 Å². The maximum absolute atomic E-state index is 13.8. The van der Waals surface area contributed by atoms with Gasteiger partial charge in [-0.2, -0.15) is 13.2 Å². The summed E-state index contributed by atoms with van der Waals surface area (Å²) >= 11 is 5.83. The molecule has 0 radical (unpaired) electrons. The number of carbonyl (C=O) groups is 2. The van der Waals surface area contributed by atoms with Crippen LogP contribution in [-0.2, 0) is 6.18 Å². The van der Waals surface area contributed by atoms with E-state index in [1.54, 1.807) is 18.3 Å². The minimum Gasteiger partial charge on any atom is -0.477 e. The highest BCUT2D eigenvalue weighted by Crippen LogP contribution is 2.36. The van der Waals surface area contributed by atoms with Gasteiger partial charge in [-0.3, -0.25) is 9.59 Å². The number of aromatic nitrogens is 2. The highest BCUT2D eigenvalue weighted by atomic mass is 35.5. The number of nitrogens with one attached hydrogen (secondary N) is 2. The fourth-order valence-electron chi connectivity index (χ4n) is 5.68. The molecule has 2 amide bonds. The van der Waals surface area contributed by atoms with Gasteiger partial charge in [-0.25, -0.2) is 9.97 Å². The number of hydrogen-bond donors (Lipinski definition) is 2. The van der Waals surface area contributed by atoms with Crippen LogP contribution < -0.4 is 20.3 Å². The summed E-state index contributed by atoms with van der Waals surface area (Å²) in [6.07, 6.45) is -1.75. The third-order valence-electron chi connectivity index (χ3n) is 7.88. The average molecular weight is 631 g/mol.